The van der Waals surface area contributed by atoms with E-state index in [1.807, 2.05) is 24.3 Å². The van der Waals surface area contributed by atoms with Gasteiger partial charge in [-0.15, -0.1) is 5.10 Å². The molecule has 1 aliphatic heterocycles. The number of carbonyl (C=O) groups is 1. The predicted octanol–water partition coefficient (Wildman–Crippen LogP) is 3.74. The van der Waals surface area contributed by atoms with Crippen molar-refractivity contribution >= 4 is 27.3 Å². The lowest BCUT2D eigenvalue weighted by Crippen LogP contribution is -2.43. The molecule has 3 heterocycles. The number of ether oxygens (including phenoxy) is 1. The maximum Gasteiger partial charge on any atom is 0.278 e. The average Bonchev–Trinajstić information content (AvgIpc) is 3.33. The molecule has 0 bridgehead atoms. The smallest absolute Gasteiger partial charge is 0.278 e. The first-order valence-corrected chi connectivity index (χ1v) is 13.6. The van der Waals surface area contributed by atoms with Gasteiger partial charge in [0.15, 0.2) is 0 Å². The fraction of sp³-hybridized carbons (Fsp3) is 0.538. The van der Waals surface area contributed by atoms with E-state index in [9.17, 15) is 9.59 Å². The third-order valence-electron chi connectivity index (χ3n) is 6.89. The minimum Gasteiger partial charge on any atom is -0.494 e. The van der Waals surface area contributed by atoms with Crippen molar-refractivity contribution in [3.05, 3.63) is 51.4 Å². The Bertz CT molecular complexity index is 1240. The largest absolute Gasteiger partial charge is 0.494 e. The van der Waals surface area contributed by atoms with Crippen LogP contribution in [0.1, 0.15) is 62.3 Å². The molecule has 3 aromatic rings. The summed E-state index contributed by atoms with van der Waals surface area (Å²) in [7, 11) is 0. The van der Waals surface area contributed by atoms with Crippen molar-refractivity contribution in [2.75, 3.05) is 24.6 Å². The number of unbranched alkanes of at least 4 members (excludes halogenated alkanes) is 1. The normalized spacial score (nSPS) is 17.9. The molecule has 1 aliphatic carbocycles. The highest BCUT2D eigenvalue weighted by atomic mass is 32.1. The van der Waals surface area contributed by atoms with Gasteiger partial charge in [-0.2, -0.15) is 4.52 Å². The standard InChI is InChI=1S/C26H33N5O3S/c1-2-3-15-34-20-12-10-18(11-13-20)16-27-23(32)19-7-6-14-30(17-19)26-29-31-24(33)21-8-4-5-9-22(21)28-25(31)35-26/h10-13,19H,2-9,14-17H2,1H3,(H,27,32)/t19-/m0/s1. The van der Waals surface area contributed by atoms with Gasteiger partial charge < -0.3 is 15.0 Å². The Morgan fingerprint density at radius 3 is 2.86 bits per heavy atom. The monoisotopic (exact) mass is 495 g/mol. The van der Waals surface area contributed by atoms with Crippen molar-refractivity contribution in [1.82, 2.24) is 19.9 Å². The number of rotatable bonds is 8. The van der Waals surface area contributed by atoms with E-state index in [0.29, 0.717) is 18.1 Å². The number of fused-ring (bicyclic) bond motifs is 2. The van der Waals surface area contributed by atoms with Crippen LogP contribution in [-0.4, -0.2) is 40.2 Å². The van der Waals surface area contributed by atoms with Crippen LogP contribution in [0.25, 0.3) is 4.96 Å². The summed E-state index contributed by atoms with van der Waals surface area (Å²) < 4.78 is 7.17. The van der Waals surface area contributed by atoms with Gasteiger partial charge in [-0.1, -0.05) is 36.8 Å². The quantitative estimate of drug-likeness (QED) is 0.479. The lowest BCUT2D eigenvalue weighted by molar-refractivity contribution is -0.125. The molecule has 8 nitrogen and oxygen atoms in total. The van der Waals surface area contributed by atoms with E-state index in [1.165, 1.54) is 15.9 Å². The van der Waals surface area contributed by atoms with Gasteiger partial charge in [-0.25, -0.2) is 4.98 Å². The molecule has 0 saturated carbocycles. The zero-order chi connectivity index (χ0) is 24.2. The molecule has 2 aromatic heterocycles. The van der Waals surface area contributed by atoms with Crippen molar-refractivity contribution in [2.24, 2.45) is 5.92 Å². The number of anilines is 1. The van der Waals surface area contributed by atoms with E-state index >= 15 is 0 Å². The van der Waals surface area contributed by atoms with Crippen molar-refractivity contribution in [3.63, 3.8) is 0 Å². The van der Waals surface area contributed by atoms with E-state index in [1.54, 1.807) is 0 Å². The lowest BCUT2D eigenvalue weighted by atomic mass is 9.97. The molecular weight excluding hydrogens is 462 g/mol. The van der Waals surface area contributed by atoms with Crippen LogP contribution in [0.4, 0.5) is 5.13 Å². The Balaban J connectivity index is 1.20. The molecule has 0 unspecified atom stereocenters. The van der Waals surface area contributed by atoms with Crippen molar-refractivity contribution in [1.29, 1.82) is 0 Å². The van der Waals surface area contributed by atoms with E-state index < -0.39 is 0 Å². The Hall–Kier alpha value is -2.94. The summed E-state index contributed by atoms with van der Waals surface area (Å²) in [5.74, 6) is 0.817. The van der Waals surface area contributed by atoms with Gasteiger partial charge in [-0.3, -0.25) is 9.59 Å². The summed E-state index contributed by atoms with van der Waals surface area (Å²) in [6.07, 6.45) is 7.70. The maximum absolute atomic E-state index is 12.9. The van der Waals surface area contributed by atoms with Crippen LogP contribution < -0.4 is 20.5 Å². The molecular formula is C26H33N5O3S. The number of nitrogens with zero attached hydrogens (tertiary/aromatic N) is 4. The predicted molar refractivity (Wildman–Crippen MR) is 137 cm³/mol. The molecule has 1 amide bonds. The van der Waals surface area contributed by atoms with E-state index in [4.69, 9.17) is 9.72 Å². The van der Waals surface area contributed by atoms with Gasteiger partial charge in [-0.05, 0) is 62.6 Å². The summed E-state index contributed by atoms with van der Waals surface area (Å²) in [5, 5.41) is 8.47. The fourth-order valence-corrected chi connectivity index (χ4v) is 5.77. The summed E-state index contributed by atoms with van der Waals surface area (Å²) in [4.78, 5) is 33.4. The molecule has 2 aliphatic rings. The summed E-state index contributed by atoms with van der Waals surface area (Å²) in [6, 6.07) is 7.92. The molecule has 0 spiro atoms. The first-order chi connectivity index (χ1) is 17.1. The molecule has 35 heavy (non-hydrogen) atoms. The zero-order valence-electron chi connectivity index (χ0n) is 20.3. The molecule has 1 atom stereocenters. The molecule has 186 valence electrons. The Morgan fingerprint density at radius 1 is 1.20 bits per heavy atom. The van der Waals surface area contributed by atoms with Crippen LogP contribution >= 0.6 is 11.3 Å². The Kier molecular flexibility index (Phi) is 7.32. The number of hydrogen-bond acceptors (Lipinski definition) is 7. The Morgan fingerprint density at radius 2 is 2.03 bits per heavy atom. The van der Waals surface area contributed by atoms with E-state index in [2.05, 4.69) is 22.2 Å². The number of aryl methyl sites for hydroxylation is 1. The molecule has 1 aromatic carbocycles. The van der Waals surface area contributed by atoms with Crippen molar-refractivity contribution in [3.8, 4) is 5.75 Å². The molecule has 1 saturated heterocycles. The second-order valence-electron chi connectivity index (χ2n) is 9.48. The van der Waals surface area contributed by atoms with Gasteiger partial charge in [0.1, 0.15) is 5.75 Å². The average molecular weight is 496 g/mol. The molecule has 5 rings (SSSR count). The minimum absolute atomic E-state index is 0.0275. The number of aromatic nitrogens is 3. The third-order valence-corrected chi connectivity index (χ3v) is 7.86. The van der Waals surface area contributed by atoms with Gasteiger partial charge in [0.25, 0.3) is 5.56 Å². The molecule has 0 radical (unpaired) electrons. The second-order valence-corrected chi connectivity index (χ2v) is 10.4. The van der Waals surface area contributed by atoms with Crippen LogP contribution in [-0.2, 0) is 24.2 Å². The maximum atomic E-state index is 12.9. The van der Waals surface area contributed by atoms with Crippen LogP contribution in [0.3, 0.4) is 0 Å². The SMILES string of the molecule is CCCCOc1ccc(CNC(=O)[C@H]2CCCN(c3nn4c(=O)c5c(nc4s3)CCCC5)C2)cc1. The molecule has 1 N–H and O–H groups in total. The summed E-state index contributed by atoms with van der Waals surface area (Å²) in [5.41, 5.74) is 2.78. The first-order valence-electron chi connectivity index (χ1n) is 12.8. The number of carbonyl (C=O) groups excluding carboxylic acids is 1. The second kappa shape index (κ2) is 10.8. The zero-order valence-corrected chi connectivity index (χ0v) is 21.1. The van der Waals surface area contributed by atoms with Crippen LogP contribution in [0, 0.1) is 5.92 Å². The topological polar surface area (TPSA) is 88.8 Å². The first kappa shape index (κ1) is 23.8. The number of amides is 1. The fourth-order valence-electron chi connectivity index (χ4n) is 4.83. The minimum atomic E-state index is -0.106. The summed E-state index contributed by atoms with van der Waals surface area (Å²) in [6.45, 7) is 4.80. The van der Waals surface area contributed by atoms with Crippen LogP contribution in [0.15, 0.2) is 29.1 Å². The van der Waals surface area contributed by atoms with E-state index in [-0.39, 0.29) is 17.4 Å². The molecule has 9 heteroatoms. The van der Waals surface area contributed by atoms with Gasteiger partial charge in [0.05, 0.1) is 18.2 Å². The van der Waals surface area contributed by atoms with E-state index in [0.717, 1.165) is 92.2 Å². The highest BCUT2D eigenvalue weighted by molar-refractivity contribution is 7.20. The van der Waals surface area contributed by atoms with Gasteiger partial charge in [0, 0.05) is 25.2 Å². The van der Waals surface area contributed by atoms with Crippen molar-refractivity contribution in [2.45, 2.75) is 64.8 Å². The number of nitrogens with one attached hydrogen (secondary N) is 1. The van der Waals surface area contributed by atoms with Crippen LogP contribution in [0.2, 0.25) is 0 Å². The van der Waals surface area contributed by atoms with Crippen molar-refractivity contribution < 1.29 is 9.53 Å². The van der Waals surface area contributed by atoms with Gasteiger partial charge >= 0.3 is 0 Å². The van der Waals surface area contributed by atoms with Crippen LogP contribution in [0.5, 0.6) is 5.75 Å². The lowest BCUT2D eigenvalue weighted by Gasteiger charge is -2.31. The number of benzene rings is 1. The Labute approximate surface area is 209 Å². The summed E-state index contributed by atoms with van der Waals surface area (Å²) >= 11 is 1.45. The molecule has 1 fully saturated rings. The highest BCUT2D eigenvalue weighted by Crippen LogP contribution is 2.28. The third kappa shape index (κ3) is 5.34. The van der Waals surface area contributed by atoms with Gasteiger partial charge in [0.2, 0.25) is 16.0 Å². The number of piperidine rings is 1. The number of hydrogen-bond donors (Lipinski definition) is 1. The highest BCUT2D eigenvalue weighted by Gasteiger charge is 2.28.